The van der Waals surface area contributed by atoms with Crippen LogP contribution >= 0.6 is 0 Å². The van der Waals surface area contributed by atoms with Crippen molar-refractivity contribution in [3.8, 4) is 5.75 Å². The van der Waals surface area contributed by atoms with Gasteiger partial charge in [-0.1, -0.05) is 30.3 Å². The number of aromatic carboxylic acids is 1. The third kappa shape index (κ3) is 4.34. The average molecular weight is 299 g/mol. The maximum Gasteiger partial charge on any atom is 0.335 e. The number of hydrogen-bond acceptors (Lipinski definition) is 3. The molecule has 0 heterocycles. The summed E-state index contributed by atoms with van der Waals surface area (Å²) in [6, 6.07) is 15.5. The number of carboxylic acid groups (broad SMARTS) is 1. The van der Waals surface area contributed by atoms with Gasteiger partial charge in [-0.2, -0.15) is 0 Å². The number of carboxylic acids is 1. The largest absolute Gasteiger partial charge is 0.481 e. The molecule has 0 aliphatic carbocycles. The van der Waals surface area contributed by atoms with Crippen LogP contribution in [0.25, 0.3) is 0 Å². The molecule has 2 aromatic rings. The molecule has 0 aliphatic rings. The number of rotatable bonds is 6. The lowest BCUT2D eigenvalue weighted by atomic mass is 10.2. The van der Waals surface area contributed by atoms with Gasteiger partial charge < -0.3 is 15.2 Å². The van der Waals surface area contributed by atoms with Gasteiger partial charge in [-0.25, -0.2) is 4.79 Å². The summed E-state index contributed by atoms with van der Waals surface area (Å²) >= 11 is 0. The summed E-state index contributed by atoms with van der Waals surface area (Å²) in [7, 11) is 0. The highest BCUT2D eigenvalue weighted by Gasteiger charge is 2.14. The highest BCUT2D eigenvalue weighted by atomic mass is 16.5. The quantitative estimate of drug-likeness (QED) is 0.859. The molecule has 5 heteroatoms. The van der Waals surface area contributed by atoms with Crippen molar-refractivity contribution in [1.29, 1.82) is 0 Å². The van der Waals surface area contributed by atoms with Gasteiger partial charge in [-0.3, -0.25) is 4.79 Å². The van der Waals surface area contributed by atoms with E-state index in [1.165, 1.54) is 24.3 Å². The Morgan fingerprint density at radius 3 is 2.32 bits per heavy atom. The third-order valence-electron chi connectivity index (χ3n) is 3.09. The molecule has 2 N–H and O–H groups in total. The Balaban J connectivity index is 1.86. The average Bonchev–Trinajstić information content (AvgIpc) is 2.54. The predicted molar refractivity (Wildman–Crippen MR) is 81.8 cm³/mol. The minimum absolute atomic E-state index is 0.175. The molecule has 5 nitrogen and oxygen atoms in total. The topological polar surface area (TPSA) is 75.6 Å². The van der Waals surface area contributed by atoms with Crippen molar-refractivity contribution < 1.29 is 19.4 Å². The van der Waals surface area contributed by atoms with Gasteiger partial charge in [0.05, 0.1) is 5.56 Å². The van der Waals surface area contributed by atoms with Crippen molar-refractivity contribution in [2.75, 3.05) is 0 Å². The normalized spacial score (nSPS) is 11.5. The van der Waals surface area contributed by atoms with E-state index in [-0.39, 0.29) is 11.5 Å². The number of carbonyl (C=O) groups is 2. The molecule has 0 radical (unpaired) electrons. The molecular formula is C17H17NO4. The van der Waals surface area contributed by atoms with Crippen LogP contribution < -0.4 is 10.1 Å². The molecule has 0 bridgehead atoms. The first kappa shape index (κ1) is 15.6. The van der Waals surface area contributed by atoms with Crippen LogP contribution in [0.1, 0.15) is 22.8 Å². The molecule has 0 unspecified atom stereocenters. The van der Waals surface area contributed by atoms with Crippen LogP contribution in [0.3, 0.4) is 0 Å². The van der Waals surface area contributed by atoms with Crippen LogP contribution in [0.5, 0.6) is 5.75 Å². The van der Waals surface area contributed by atoms with Crippen LogP contribution in [0, 0.1) is 0 Å². The van der Waals surface area contributed by atoms with E-state index in [9.17, 15) is 9.59 Å². The number of ether oxygens (including phenoxy) is 1. The summed E-state index contributed by atoms with van der Waals surface area (Å²) in [6.07, 6.45) is -0.667. The Bertz CT molecular complexity index is 637. The molecule has 0 aliphatic heterocycles. The van der Waals surface area contributed by atoms with Crippen LogP contribution in [-0.2, 0) is 11.3 Å². The van der Waals surface area contributed by atoms with Crippen molar-refractivity contribution >= 4 is 11.9 Å². The lowest BCUT2D eigenvalue weighted by molar-refractivity contribution is -0.127. The summed E-state index contributed by atoms with van der Waals surface area (Å²) in [4.78, 5) is 22.7. The van der Waals surface area contributed by atoms with Crippen molar-refractivity contribution in [3.63, 3.8) is 0 Å². The van der Waals surface area contributed by atoms with E-state index >= 15 is 0 Å². The summed E-state index contributed by atoms with van der Waals surface area (Å²) in [5.74, 6) is -0.779. The van der Waals surface area contributed by atoms with Crippen molar-refractivity contribution in [3.05, 3.63) is 65.7 Å². The van der Waals surface area contributed by atoms with Crippen LogP contribution in [0.4, 0.5) is 0 Å². The molecule has 1 atom stereocenters. The fraction of sp³-hybridized carbons (Fsp3) is 0.176. The molecule has 114 valence electrons. The Hall–Kier alpha value is -2.82. The summed E-state index contributed by atoms with van der Waals surface area (Å²) < 4.78 is 5.49. The van der Waals surface area contributed by atoms with Gasteiger partial charge in [0.15, 0.2) is 6.10 Å². The molecule has 2 rings (SSSR count). The first-order valence-corrected chi connectivity index (χ1v) is 6.88. The maximum absolute atomic E-state index is 12.0. The fourth-order valence-corrected chi connectivity index (χ4v) is 1.86. The van der Waals surface area contributed by atoms with E-state index in [1.807, 2.05) is 30.3 Å². The summed E-state index contributed by atoms with van der Waals surface area (Å²) in [6.45, 7) is 2.08. The highest BCUT2D eigenvalue weighted by Crippen LogP contribution is 2.14. The zero-order chi connectivity index (χ0) is 15.9. The monoisotopic (exact) mass is 299 g/mol. The lowest BCUT2D eigenvalue weighted by Gasteiger charge is -2.15. The third-order valence-corrected chi connectivity index (χ3v) is 3.09. The zero-order valence-corrected chi connectivity index (χ0v) is 12.2. The minimum atomic E-state index is -1.000. The second-order valence-electron chi connectivity index (χ2n) is 4.79. The summed E-state index contributed by atoms with van der Waals surface area (Å²) in [5, 5.41) is 11.6. The van der Waals surface area contributed by atoms with E-state index in [0.29, 0.717) is 12.3 Å². The summed E-state index contributed by atoms with van der Waals surface area (Å²) in [5.41, 5.74) is 1.18. The van der Waals surface area contributed by atoms with Gasteiger partial charge in [0.1, 0.15) is 5.75 Å². The Morgan fingerprint density at radius 1 is 1.09 bits per heavy atom. The molecule has 0 spiro atoms. The van der Waals surface area contributed by atoms with Crippen LogP contribution in [0.2, 0.25) is 0 Å². The van der Waals surface area contributed by atoms with Gasteiger partial charge in [-0.05, 0) is 36.8 Å². The maximum atomic E-state index is 12.0. The minimum Gasteiger partial charge on any atom is -0.481 e. The molecule has 0 saturated carbocycles. The first-order valence-electron chi connectivity index (χ1n) is 6.88. The van der Waals surface area contributed by atoms with Gasteiger partial charge in [0, 0.05) is 6.54 Å². The fourth-order valence-electron chi connectivity index (χ4n) is 1.86. The Labute approximate surface area is 128 Å². The van der Waals surface area contributed by atoms with E-state index in [2.05, 4.69) is 5.32 Å². The van der Waals surface area contributed by atoms with Gasteiger partial charge >= 0.3 is 5.97 Å². The van der Waals surface area contributed by atoms with Crippen molar-refractivity contribution in [2.45, 2.75) is 19.6 Å². The first-order chi connectivity index (χ1) is 10.6. The van der Waals surface area contributed by atoms with Gasteiger partial charge in [0.2, 0.25) is 0 Å². The predicted octanol–water partition coefficient (Wildman–Crippen LogP) is 2.47. The van der Waals surface area contributed by atoms with Crippen molar-refractivity contribution in [2.24, 2.45) is 0 Å². The lowest BCUT2D eigenvalue weighted by Crippen LogP contribution is -2.35. The highest BCUT2D eigenvalue weighted by molar-refractivity contribution is 5.87. The Kier molecular flexibility index (Phi) is 5.14. The molecule has 1 amide bonds. The number of hydrogen-bond donors (Lipinski definition) is 2. The number of amides is 1. The molecule has 0 fully saturated rings. The van der Waals surface area contributed by atoms with E-state index < -0.39 is 12.1 Å². The van der Waals surface area contributed by atoms with E-state index in [0.717, 1.165) is 5.56 Å². The van der Waals surface area contributed by atoms with E-state index in [1.54, 1.807) is 6.92 Å². The smallest absolute Gasteiger partial charge is 0.335 e. The van der Waals surface area contributed by atoms with Gasteiger partial charge in [0.25, 0.3) is 5.91 Å². The van der Waals surface area contributed by atoms with Gasteiger partial charge in [-0.15, -0.1) is 0 Å². The number of nitrogens with one attached hydrogen (secondary N) is 1. The molecule has 22 heavy (non-hydrogen) atoms. The van der Waals surface area contributed by atoms with E-state index in [4.69, 9.17) is 9.84 Å². The molecule has 0 saturated heterocycles. The molecular weight excluding hydrogens is 282 g/mol. The second-order valence-corrected chi connectivity index (χ2v) is 4.79. The Morgan fingerprint density at radius 2 is 1.73 bits per heavy atom. The molecule has 2 aromatic carbocycles. The molecule has 0 aromatic heterocycles. The second kappa shape index (κ2) is 7.26. The SMILES string of the molecule is C[C@@H](Oc1ccc(C(=O)O)cc1)C(=O)NCc1ccccc1. The zero-order valence-electron chi connectivity index (χ0n) is 12.2. The van der Waals surface area contributed by atoms with Crippen LogP contribution in [-0.4, -0.2) is 23.1 Å². The van der Waals surface area contributed by atoms with Crippen LogP contribution in [0.15, 0.2) is 54.6 Å². The number of carbonyl (C=O) groups excluding carboxylic acids is 1. The number of benzene rings is 2. The standard InChI is InChI=1S/C17H17NO4/c1-12(16(19)18-11-13-5-3-2-4-6-13)22-15-9-7-14(8-10-15)17(20)21/h2-10,12H,11H2,1H3,(H,18,19)(H,20,21)/t12-/m1/s1. The van der Waals surface area contributed by atoms with Crippen molar-refractivity contribution in [1.82, 2.24) is 5.32 Å².